The molecule has 6 nitrogen and oxygen atoms in total. The lowest BCUT2D eigenvalue weighted by Crippen LogP contribution is -2.48. The van der Waals surface area contributed by atoms with Gasteiger partial charge in [-0.1, -0.05) is 0 Å². The average Bonchev–Trinajstić information content (AvgIpc) is 2.65. The maximum absolute atomic E-state index is 11.8. The van der Waals surface area contributed by atoms with Crippen LogP contribution in [0.4, 0.5) is 0 Å². The summed E-state index contributed by atoms with van der Waals surface area (Å²) in [7, 11) is 0. The fourth-order valence-electron chi connectivity index (χ4n) is 1.80. The molecule has 15 heavy (non-hydrogen) atoms. The predicted octanol–water partition coefficient (Wildman–Crippen LogP) is -0.647. The summed E-state index contributed by atoms with van der Waals surface area (Å²) < 4.78 is 0. The molecule has 0 aromatic heterocycles. The largest absolute Gasteiger partial charge is 0.481 e. The van der Waals surface area contributed by atoms with E-state index >= 15 is 0 Å². The van der Waals surface area contributed by atoms with Gasteiger partial charge in [-0.3, -0.25) is 9.59 Å². The Morgan fingerprint density at radius 3 is 3.13 bits per heavy atom. The van der Waals surface area contributed by atoms with Crippen LogP contribution in [-0.4, -0.2) is 46.0 Å². The van der Waals surface area contributed by atoms with Gasteiger partial charge in [0.1, 0.15) is 6.04 Å². The molecule has 0 saturated carbocycles. The van der Waals surface area contributed by atoms with E-state index in [0.717, 1.165) is 13.0 Å². The molecule has 1 saturated heterocycles. The molecule has 2 heterocycles. The highest BCUT2D eigenvalue weighted by atomic mass is 16.4. The number of nitrogens with zero attached hydrogens (tertiary/aromatic N) is 2. The van der Waals surface area contributed by atoms with Crippen LogP contribution in [0, 0.1) is 0 Å². The first-order chi connectivity index (χ1) is 7.18. The van der Waals surface area contributed by atoms with Gasteiger partial charge in [0.05, 0.1) is 6.42 Å². The maximum Gasteiger partial charge on any atom is 0.305 e. The number of hydrazine groups is 1. The van der Waals surface area contributed by atoms with Crippen molar-refractivity contribution >= 4 is 11.9 Å². The molecule has 6 heteroatoms. The molecule has 2 aliphatic rings. The minimum absolute atomic E-state index is 0.0176. The fourth-order valence-corrected chi connectivity index (χ4v) is 1.80. The van der Waals surface area contributed by atoms with Gasteiger partial charge in [0.2, 0.25) is 0 Å². The fraction of sp³-hybridized carbons (Fsp3) is 0.556. The Kier molecular flexibility index (Phi) is 2.59. The van der Waals surface area contributed by atoms with Gasteiger partial charge >= 0.3 is 5.97 Å². The molecule has 0 aliphatic carbocycles. The van der Waals surface area contributed by atoms with Gasteiger partial charge in [-0.05, 0) is 6.42 Å². The second kappa shape index (κ2) is 3.90. The molecular weight excluding hydrogens is 198 g/mol. The molecular formula is C9H13N3O3. The highest BCUT2D eigenvalue weighted by Gasteiger charge is 2.34. The molecule has 0 spiro atoms. The number of carbonyl (C=O) groups is 2. The van der Waals surface area contributed by atoms with E-state index < -0.39 is 5.97 Å². The van der Waals surface area contributed by atoms with Crippen LogP contribution >= 0.6 is 0 Å². The summed E-state index contributed by atoms with van der Waals surface area (Å²) in [5.41, 5.74) is 3.06. The normalized spacial score (nSPS) is 24.5. The van der Waals surface area contributed by atoms with Gasteiger partial charge in [0, 0.05) is 25.5 Å². The molecule has 0 aromatic rings. The number of carboxylic acid groups (broad SMARTS) is 1. The molecule has 1 atom stereocenters. The Morgan fingerprint density at radius 2 is 2.40 bits per heavy atom. The molecule has 82 valence electrons. The summed E-state index contributed by atoms with van der Waals surface area (Å²) in [6, 6.07) is -0.163. The molecule has 2 rings (SSSR count). The Bertz CT molecular complexity index is 316. The number of rotatable bonds is 3. The van der Waals surface area contributed by atoms with Crippen molar-refractivity contribution in [1.29, 1.82) is 0 Å². The monoisotopic (exact) mass is 211 g/mol. The first-order valence-electron chi connectivity index (χ1n) is 4.91. The highest BCUT2D eigenvalue weighted by molar-refractivity contribution is 5.84. The minimum Gasteiger partial charge on any atom is -0.481 e. The molecule has 1 fully saturated rings. The van der Waals surface area contributed by atoms with Crippen molar-refractivity contribution in [3.05, 3.63) is 12.4 Å². The number of fused-ring (bicyclic) bond motifs is 1. The van der Waals surface area contributed by atoms with E-state index in [9.17, 15) is 9.59 Å². The predicted molar refractivity (Wildman–Crippen MR) is 51.4 cm³/mol. The lowest BCUT2D eigenvalue weighted by atomic mass is 10.1. The van der Waals surface area contributed by atoms with E-state index in [1.165, 1.54) is 4.90 Å². The third kappa shape index (κ3) is 1.94. The van der Waals surface area contributed by atoms with E-state index in [1.807, 2.05) is 0 Å². The van der Waals surface area contributed by atoms with E-state index in [0.29, 0.717) is 0 Å². The van der Waals surface area contributed by atoms with E-state index in [1.54, 1.807) is 17.4 Å². The summed E-state index contributed by atoms with van der Waals surface area (Å²) in [5.74, 6) is -0.910. The quantitative estimate of drug-likeness (QED) is 0.649. The van der Waals surface area contributed by atoms with Crippen LogP contribution in [0.1, 0.15) is 12.8 Å². The lowest BCUT2D eigenvalue weighted by Gasteiger charge is -2.31. The zero-order chi connectivity index (χ0) is 10.8. The average molecular weight is 211 g/mol. The standard InChI is InChI=1S/C9H13N3O3/c13-8(14)2-4-11-5-6-12-7(9(11)15)1-3-10-12/h5-7,10H,1-4H2,(H,13,14). The summed E-state index contributed by atoms with van der Waals surface area (Å²) in [5, 5.41) is 10.3. The number of nitrogens with one attached hydrogen (secondary N) is 1. The second-order valence-electron chi connectivity index (χ2n) is 3.59. The maximum atomic E-state index is 11.8. The molecule has 2 aliphatic heterocycles. The number of hydrogen-bond donors (Lipinski definition) is 2. The third-order valence-electron chi connectivity index (χ3n) is 2.59. The van der Waals surface area contributed by atoms with E-state index in [4.69, 9.17) is 5.11 Å². The minimum atomic E-state index is -0.886. The molecule has 1 amide bonds. The molecule has 0 aromatic carbocycles. The number of hydrogen-bond acceptors (Lipinski definition) is 4. The number of carboxylic acids is 1. The number of aliphatic carboxylic acids is 1. The summed E-state index contributed by atoms with van der Waals surface area (Å²) in [6.45, 7) is 1.03. The van der Waals surface area contributed by atoms with Gasteiger partial charge in [0.15, 0.2) is 0 Å². The third-order valence-corrected chi connectivity index (χ3v) is 2.59. The second-order valence-corrected chi connectivity index (χ2v) is 3.59. The van der Waals surface area contributed by atoms with E-state index in [2.05, 4.69) is 5.43 Å². The van der Waals surface area contributed by atoms with Crippen molar-refractivity contribution in [2.24, 2.45) is 0 Å². The van der Waals surface area contributed by atoms with Crippen molar-refractivity contribution in [3.8, 4) is 0 Å². The van der Waals surface area contributed by atoms with Crippen LogP contribution in [0.25, 0.3) is 0 Å². The topological polar surface area (TPSA) is 72.9 Å². The van der Waals surface area contributed by atoms with Gasteiger partial charge in [-0.15, -0.1) is 0 Å². The first kappa shape index (κ1) is 9.97. The zero-order valence-electron chi connectivity index (χ0n) is 8.22. The Morgan fingerprint density at radius 1 is 1.60 bits per heavy atom. The van der Waals surface area contributed by atoms with Gasteiger partial charge in [-0.25, -0.2) is 5.43 Å². The zero-order valence-corrected chi connectivity index (χ0v) is 8.22. The lowest BCUT2D eigenvalue weighted by molar-refractivity contribution is -0.139. The van der Waals surface area contributed by atoms with Crippen LogP contribution < -0.4 is 5.43 Å². The SMILES string of the molecule is O=C(O)CCN1C=CN2NCCC2C1=O. The van der Waals surface area contributed by atoms with Crippen LogP contribution in [0.2, 0.25) is 0 Å². The number of amides is 1. The van der Waals surface area contributed by atoms with Crippen LogP contribution in [-0.2, 0) is 9.59 Å². The Labute approximate surface area is 87.1 Å². The van der Waals surface area contributed by atoms with Gasteiger partial charge in [-0.2, -0.15) is 0 Å². The van der Waals surface area contributed by atoms with Crippen LogP contribution in [0.15, 0.2) is 12.4 Å². The summed E-state index contributed by atoms with van der Waals surface area (Å²) in [6.07, 6.45) is 4.16. The Hall–Kier alpha value is -1.56. The van der Waals surface area contributed by atoms with Crippen LogP contribution in [0.5, 0.6) is 0 Å². The van der Waals surface area contributed by atoms with Gasteiger partial charge in [0.25, 0.3) is 5.91 Å². The number of carbonyl (C=O) groups excluding carboxylic acids is 1. The molecule has 0 radical (unpaired) electrons. The summed E-state index contributed by atoms with van der Waals surface area (Å²) >= 11 is 0. The van der Waals surface area contributed by atoms with E-state index in [-0.39, 0.29) is 24.9 Å². The molecule has 0 bridgehead atoms. The first-order valence-corrected chi connectivity index (χ1v) is 4.91. The van der Waals surface area contributed by atoms with Crippen molar-refractivity contribution in [1.82, 2.24) is 15.3 Å². The van der Waals surface area contributed by atoms with Crippen molar-refractivity contribution in [2.45, 2.75) is 18.9 Å². The van der Waals surface area contributed by atoms with Crippen LogP contribution in [0.3, 0.4) is 0 Å². The van der Waals surface area contributed by atoms with Crippen molar-refractivity contribution < 1.29 is 14.7 Å². The summed E-state index contributed by atoms with van der Waals surface area (Å²) in [4.78, 5) is 23.7. The van der Waals surface area contributed by atoms with Gasteiger partial charge < -0.3 is 15.0 Å². The highest BCUT2D eigenvalue weighted by Crippen LogP contribution is 2.17. The molecule has 1 unspecified atom stereocenters. The Balaban J connectivity index is 1.99. The van der Waals surface area contributed by atoms with Crippen molar-refractivity contribution in [3.63, 3.8) is 0 Å². The van der Waals surface area contributed by atoms with Crippen molar-refractivity contribution in [2.75, 3.05) is 13.1 Å². The molecule has 2 N–H and O–H groups in total. The smallest absolute Gasteiger partial charge is 0.305 e.